The minimum Gasteiger partial charge on any atom is -0.467 e. The summed E-state index contributed by atoms with van der Waals surface area (Å²) < 4.78 is 9.03. The number of amides is 1. The Kier molecular flexibility index (Phi) is 3.10. The van der Waals surface area contributed by atoms with E-state index in [0.29, 0.717) is 4.88 Å². The molecular weight excluding hydrogens is 246 g/mol. The van der Waals surface area contributed by atoms with Gasteiger partial charge in [-0.15, -0.1) is 11.3 Å². The van der Waals surface area contributed by atoms with E-state index in [1.54, 1.807) is 17.5 Å². The topological polar surface area (TPSA) is 72.9 Å². The van der Waals surface area contributed by atoms with Crippen LogP contribution in [0.25, 0.3) is 0 Å². The fourth-order valence-electron chi connectivity index (χ4n) is 1.54. The standard InChI is InChI=1S/C10H9NO5S/c1-15-9(13)8(6-3-2-4-17-6)11-5-7(12)16-10(11)14/h2-4,8H,5H2,1H3. The van der Waals surface area contributed by atoms with Crippen LogP contribution in [0.4, 0.5) is 4.79 Å². The van der Waals surface area contributed by atoms with Crippen molar-refractivity contribution in [3.05, 3.63) is 22.4 Å². The molecule has 1 unspecified atom stereocenters. The third-order valence-corrected chi connectivity index (χ3v) is 3.21. The molecule has 0 aliphatic carbocycles. The molecule has 1 aromatic heterocycles. The van der Waals surface area contributed by atoms with Crippen molar-refractivity contribution in [1.82, 2.24) is 4.90 Å². The lowest BCUT2D eigenvalue weighted by molar-refractivity contribution is -0.145. The molecule has 17 heavy (non-hydrogen) atoms. The average Bonchev–Trinajstić information content (AvgIpc) is 2.90. The maximum Gasteiger partial charge on any atom is 0.419 e. The van der Waals surface area contributed by atoms with Gasteiger partial charge in [0.25, 0.3) is 0 Å². The molecule has 7 heteroatoms. The lowest BCUT2D eigenvalue weighted by Crippen LogP contribution is -2.35. The Balaban J connectivity index is 2.31. The zero-order valence-corrected chi connectivity index (χ0v) is 9.73. The van der Waals surface area contributed by atoms with E-state index in [2.05, 4.69) is 9.47 Å². The second-order valence-corrected chi connectivity index (χ2v) is 4.29. The van der Waals surface area contributed by atoms with Crippen molar-refractivity contribution in [1.29, 1.82) is 0 Å². The van der Waals surface area contributed by atoms with E-state index in [-0.39, 0.29) is 6.54 Å². The predicted molar refractivity (Wildman–Crippen MR) is 57.3 cm³/mol. The molecular formula is C10H9NO5S. The Labute approximate surface area is 101 Å². The summed E-state index contributed by atoms with van der Waals surface area (Å²) in [5.74, 6) is -1.26. The van der Waals surface area contributed by atoms with Gasteiger partial charge >= 0.3 is 18.0 Å². The molecule has 1 amide bonds. The van der Waals surface area contributed by atoms with Gasteiger partial charge in [-0.05, 0) is 11.4 Å². The van der Waals surface area contributed by atoms with Crippen molar-refractivity contribution in [2.24, 2.45) is 0 Å². The molecule has 1 saturated heterocycles. The first kappa shape index (κ1) is 11.6. The summed E-state index contributed by atoms with van der Waals surface area (Å²) in [6.07, 6.45) is -0.821. The SMILES string of the molecule is COC(=O)C(c1cccs1)N1CC(=O)OC1=O. The van der Waals surface area contributed by atoms with Crippen LogP contribution in [0.2, 0.25) is 0 Å². The molecule has 0 N–H and O–H groups in total. The number of esters is 2. The number of carbonyl (C=O) groups excluding carboxylic acids is 3. The molecule has 90 valence electrons. The first-order valence-corrected chi connectivity index (χ1v) is 5.64. The van der Waals surface area contributed by atoms with E-state index < -0.39 is 24.1 Å². The van der Waals surface area contributed by atoms with Gasteiger partial charge in [0.15, 0.2) is 6.04 Å². The maximum atomic E-state index is 11.7. The van der Waals surface area contributed by atoms with Crippen molar-refractivity contribution in [2.45, 2.75) is 6.04 Å². The largest absolute Gasteiger partial charge is 0.467 e. The summed E-state index contributed by atoms with van der Waals surface area (Å²) in [6, 6.07) is 2.53. The van der Waals surface area contributed by atoms with Crippen molar-refractivity contribution in [3.8, 4) is 0 Å². The number of nitrogens with zero attached hydrogens (tertiary/aromatic N) is 1. The van der Waals surface area contributed by atoms with Crippen molar-refractivity contribution in [2.75, 3.05) is 13.7 Å². The van der Waals surface area contributed by atoms with Crippen LogP contribution >= 0.6 is 11.3 Å². The highest BCUT2D eigenvalue weighted by molar-refractivity contribution is 7.10. The number of ether oxygens (including phenoxy) is 2. The number of cyclic esters (lactones) is 2. The normalized spacial score (nSPS) is 16.9. The number of thiophene rings is 1. The van der Waals surface area contributed by atoms with Crippen LogP contribution in [0.15, 0.2) is 17.5 Å². The van der Waals surface area contributed by atoms with Crippen molar-refractivity contribution >= 4 is 29.4 Å². The van der Waals surface area contributed by atoms with E-state index >= 15 is 0 Å². The molecule has 0 saturated carbocycles. The third kappa shape index (κ3) is 2.14. The summed E-state index contributed by atoms with van der Waals surface area (Å²) in [4.78, 5) is 35.8. The smallest absolute Gasteiger partial charge is 0.419 e. The minimum absolute atomic E-state index is 0.240. The summed E-state index contributed by atoms with van der Waals surface area (Å²) >= 11 is 1.30. The summed E-state index contributed by atoms with van der Waals surface area (Å²) in [5.41, 5.74) is 0. The third-order valence-electron chi connectivity index (χ3n) is 2.28. The average molecular weight is 255 g/mol. The van der Waals surface area contributed by atoms with E-state index in [4.69, 9.17) is 0 Å². The summed E-state index contributed by atoms with van der Waals surface area (Å²) in [5, 5.41) is 1.77. The summed E-state index contributed by atoms with van der Waals surface area (Å²) in [6.45, 7) is -0.240. The fraction of sp³-hybridized carbons (Fsp3) is 0.300. The fourth-order valence-corrected chi connectivity index (χ4v) is 2.37. The first-order chi connectivity index (χ1) is 8.13. The van der Waals surface area contributed by atoms with E-state index in [0.717, 1.165) is 4.90 Å². The zero-order chi connectivity index (χ0) is 12.4. The molecule has 1 aromatic rings. The molecule has 2 heterocycles. The van der Waals surface area contributed by atoms with Gasteiger partial charge in [-0.3, -0.25) is 4.90 Å². The lowest BCUT2D eigenvalue weighted by Gasteiger charge is -2.21. The lowest BCUT2D eigenvalue weighted by atomic mass is 10.2. The van der Waals surface area contributed by atoms with E-state index in [1.807, 2.05) is 0 Å². The van der Waals surface area contributed by atoms with Crippen LogP contribution in [0, 0.1) is 0 Å². The maximum absolute atomic E-state index is 11.7. The van der Waals surface area contributed by atoms with Gasteiger partial charge in [-0.25, -0.2) is 14.4 Å². The monoisotopic (exact) mass is 255 g/mol. The second kappa shape index (κ2) is 4.54. The Hall–Kier alpha value is -1.89. The molecule has 1 aliphatic heterocycles. The van der Waals surface area contributed by atoms with Gasteiger partial charge in [0.2, 0.25) is 0 Å². The van der Waals surface area contributed by atoms with Gasteiger partial charge < -0.3 is 9.47 Å². The molecule has 0 spiro atoms. The van der Waals surface area contributed by atoms with Crippen LogP contribution in [0.5, 0.6) is 0 Å². The quantitative estimate of drug-likeness (QED) is 0.593. The molecule has 1 fully saturated rings. The zero-order valence-electron chi connectivity index (χ0n) is 8.91. The molecule has 0 radical (unpaired) electrons. The van der Waals surface area contributed by atoms with Crippen molar-refractivity contribution < 1.29 is 23.9 Å². The molecule has 1 atom stereocenters. The molecule has 1 aliphatic rings. The highest BCUT2D eigenvalue weighted by Crippen LogP contribution is 2.28. The second-order valence-electron chi connectivity index (χ2n) is 3.31. The van der Waals surface area contributed by atoms with Gasteiger partial charge in [0.05, 0.1) is 7.11 Å². The minimum atomic E-state index is -0.918. The van der Waals surface area contributed by atoms with Crippen LogP contribution in [-0.4, -0.2) is 36.6 Å². The highest BCUT2D eigenvalue weighted by atomic mass is 32.1. The van der Waals surface area contributed by atoms with E-state index in [1.165, 1.54) is 18.4 Å². The molecule has 2 rings (SSSR count). The Bertz CT molecular complexity index is 455. The number of carbonyl (C=O) groups is 3. The number of hydrogen-bond acceptors (Lipinski definition) is 6. The van der Waals surface area contributed by atoms with Gasteiger partial charge in [-0.2, -0.15) is 0 Å². The van der Waals surface area contributed by atoms with E-state index in [9.17, 15) is 14.4 Å². The van der Waals surface area contributed by atoms with Crippen LogP contribution < -0.4 is 0 Å². The Morgan fingerprint density at radius 3 is 2.82 bits per heavy atom. The van der Waals surface area contributed by atoms with Gasteiger partial charge in [-0.1, -0.05) is 6.07 Å². The Morgan fingerprint density at radius 1 is 1.59 bits per heavy atom. The number of methoxy groups -OCH3 is 1. The number of rotatable bonds is 3. The Morgan fingerprint density at radius 2 is 2.35 bits per heavy atom. The summed E-state index contributed by atoms with van der Waals surface area (Å²) in [7, 11) is 1.23. The first-order valence-electron chi connectivity index (χ1n) is 4.76. The number of hydrogen-bond donors (Lipinski definition) is 0. The van der Waals surface area contributed by atoms with Crippen molar-refractivity contribution in [3.63, 3.8) is 0 Å². The van der Waals surface area contributed by atoms with Crippen LogP contribution in [0.3, 0.4) is 0 Å². The molecule has 0 aromatic carbocycles. The van der Waals surface area contributed by atoms with Gasteiger partial charge in [0, 0.05) is 4.88 Å². The van der Waals surface area contributed by atoms with Crippen LogP contribution in [0.1, 0.15) is 10.9 Å². The predicted octanol–water partition coefficient (Wildman–Crippen LogP) is 0.941. The van der Waals surface area contributed by atoms with Gasteiger partial charge in [0.1, 0.15) is 6.54 Å². The molecule has 0 bridgehead atoms. The molecule has 6 nitrogen and oxygen atoms in total. The highest BCUT2D eigenvalue weighted by Gasteiger charge is 2.40. The van der Waals surface area contributed by atoms with Crippen LogP contribution in [-0.2, 0) is 19.1 Å².